The van der Waals surface area contributed by atoms with Crippen LogP contribution in [0.5, 0.6) is 0 Å². The molecule has 1 aromatic rings. The summed E-state index contributed by atoms with van der Waals surface area (Å²) in [6.45, 7) is 0.898. The van der Waals surface area contributed by atoms with Crippen molar-refractivity contribution >= 4 is 11.4 Å². The number of nitro groups is 1. The fourth-order valence-electron chi connectivity index (χ4n) is 1.61. The summed E-state index contributed by atoms with van der Waals surface area (Å²) in [6.07, 6.45) is -4.14. The summed E-state index contributed by atoms with van der Waals surface area (Å²) < 4.78 is 38.3. The highest BCUT2D eigenvalue weighted by Crippen LogP contribution is 2.38. The number of hydrogen-bond donors (Lipinski definition) is 1. The fraction of sp³-hybridized carbons (Fsp3) is 0.455. The van der Waals surface area contributed by atoms with Crippen molar-refractivity contribution in [2.45, 2.75) is 12.6 Å². The molecule has 19 heavy (non-hydrogen) atoms. The summed E-state index contributed by atoms with van der Waals surface area (Å²) in [5.74, 6) is 0. The number of alkyl halides is 3. The first-order valence-corrected chi connectivity index (χ1v) is 5.54. The van der Waals surface area contributed by atoms with Crippen molar-refractivity contribution in [3.8, 4) is 0 Å². The Bertz CT molecular complexity index is 463. The second-order valence-corrected chi connectivity index (χ2v) is 4.02. The van der Waals surface area contributed by atoms with Gasteiger partial charge < -0.3 is 10.6 Å². The molecule has 8 heteroatoms. The second-order valence-electron chi connectivity index (χ2n) is 4.02. The van der Waals surface area contributed by atoms with Gasteiger partial charge in [0.2, 0.25) is 0 Å². The van der Waals surface area contributed by atoms with E-state index in [1.807, 2.05) is 0 Å². The molecule has 0 saturated carbocycles. The molecular weight excluding hydrogens is 263 g/mol. The highest BCUT2D eigenvalue weighted by molar-refractivity contribution is 5.56. The van der Waals surface area contributed by atoms with Gasteiger partial charge in [-0.15, -0.1) is 0 Å². The fourth-order valence-corrected chi connectivity index (χ4v) is 1.61. The van der Waals surface area contributed by atoms with Gasteiger partial charge in [0.25, 0.3) is 5.69 Å². The first kappa shape index (κ1) is 15.2. The maximum atomic E-state index is 12.8. The zero-order valence-corrected chi connectivity index (χ0v) is 10.3. The summed E-state index contributed by atoms with van der Waals surface area (Å²) in [6, 6.07) is 2.95. The lowest BCUT2D eigenvalue weighted by molar-refractivity contribution is -0.388. The van der Waals surface area contributed by atoms with Crippen LogP contribution in [-0.4, -0.2) is 25.1 Å². The summed E-state index contributed by atoms with van der Waals surface area (Å²) in [7, 11) is 1.61. The van der Waals surface area contributed by atoms with E-state index in [-0.39, 0.29) is 5.69 Å². The third-order valence-electron chi connectivity index (χ3n) is 2.62. The molecule has 0 aliphatic rings. The Morgan fingerprint density at radius 2 is 2.05 bits per heavy atom. The lowest BCUT2D eigenvalue weighted by Crippen LogP contribution is -2.21. The van der Waals surface area contributed by atoms with Crippen LogP contribution in [0.25, 0.3) is 0 Å². The SMILES string of the molecule is CN(CCCN)c1ccc([N+](=O)[O-])c(C(F)(F)F)c1. The van der Waals surface area contributed by atoms with Gasteiger partial charge in [0.1, 0.15) is 5.56 Å². The number of hydrogen-bond acceptors (Lipinski definition) is 4. The summed E-state index contributed by atoms with van der Waals surface area (Å²) >= 11 is 0. The third kappa shape index (κ3) is 3.82. The molecule has 0 aromatic heterocycles. The zero-order chi connectivity index (χ0) is 14.6. The molecule has 0 fully saturated rings. The molecule has 0 atom stereocenters. The minimum absolute atomic E-state index is 0.270. The van der Waals surface area contributed by atoms with Gasteiger partial charge in [0, 0.05) is 25.3 Å². The molecular formula is C11H14F3N3O2. The van der Waals surface area contributed by atoms with Crippen molar-refractivity contribution < 1.29 is 18.1 Å². The van der Waals surface area contributed by atoms with Gasteiger partial charge in [-0.25, -0.2) is 0 Å². The number of nitrogens with zero attached hydrogens (tertiary/aromatic N) is 2. The Hall–Kier alpha value is -1.83. The maximum Gasteiger partial charge on any atom is 0.423 e. The Labute approximate surface area is 108 Å². The van der Waals surface area contributed by atoms with Crippen LogP contribution in [0.15, 0.2) is 18.2 Å². The number of rotatable bonds is 5. The Morgan fingerprint density at radius 1 is 1.42 bits per heavy atom. The highest BCUT2D eigenvalue weighted by Gasteiger charge is 2.38. The van der Waals surface area contributed by atoms with Crippen LogP contribution in [0.1, 0.15) is 12.0 Å². The van der Waals surface area contributed by atoms with E-state index in [9.17, 15) is 23.3 Å². The molecule has 0 radical (unpaired) electrons. The van der Waals surface area contributed by atoms with Gasteiger partial charge in [-0.2, -0.15) is 13.2 Å². The summed E-state index contributed by atoms with van der Waals surface area (Å²) in [5, 5.41) is 10.6. The Kier molecular flexibility index (Phi) is 4.71. The third-order valence-corrected chi connectivity index (χ3v) is 2.62. The van der Waals surface area contributed by atoms with E-state index in [1.54, 1.807) is 11.9 Å². The minimum Gasteiger partial charge on any atom is -0.375 e. The van der Waals surface area contributed by atoms with Crippen LogP contribution in [-0.2, 0) is 6.18 Å². The lowest BCUT2D eigenvalue weighted by Gasteiger charge is -2.20. The van der Waals surface area contributed by atoms with E-state index in [4.69, 9.17) is 5.73 Å². The predicted octanol–water partition coefficient (Wildman–Crippen LogP) is 2.40. The topological polar surface area (TPSA) is 72.4 Å². The van der Waals surface area contributed by atoms with Crippen LogP contribution in [0.2, 0.25) is 0 Å². The first-order valence-electron chi connectivity index (χ1n) is 5.54. The van der Waals surface area contributed by atoms with Crippen molar-refractivity contribution in [2.75, 3.05) is 25.0 Å². The zero-order valence-electron chi connectivity index (χ0n) is 10.3. The van der Waals surface area contributed by atoms with Crippen molar-refractivity contribution in [1.29, 1.82) is 0 Å². The molecule has 0 heterocycles. The van der Waals surface area contributed by atoms with Crippen molar-refractivity contribution in [3.63, 3.8) is 0 Å². The monoisotopic (exact) mass is 277 g/mol. The standard InChI is InChI=1S/C11H14F3N3O2/c1-16(6-2-5-15)8-3-4-10(17(18)19)9(7-8)11(12,13)14/h3-4,7H,2,5-6,15H2,1H3. The van der Waals surface area contributed by atoms with Gasteiger partial charge in [-0.3, -0.25) is 10.1 Å². The van der Waals surface area contributed by atoms with Crippen molar-refractivity contribution in [1.82, 2.24) is 0 Å². The van der Waals surface area contributed by atoms with Gasteiger partial charge in [-0.1, -0.05) is 0 Å². The van der Waals surface area contributed by atoms with Crippen molar-refractivity contribution in [2.24, 2.45) is 5.73 Å². The smallest absolute Gasteiger partial charge is 0.375 e. The average molecular weight is 277 g/mol. The molecule has 0 unspecified atom stereocenters. The van der Waals surface area contributed by atoms with Gasteiger partial charge >= 0.3 is 6.18 Å². The number of nitrogens with two attached hydrogens (primary N) is 1. The first-order chi connectivity index (χ1) is 8.77. The largest absolute Gasteiger partial charge is 0.423 e. The molecule has 1 rings (SSSR count). The van der Waals surface area contributed by atoms with Gasteiger partial charge in [0.15, 0.2) is 0 Å². The molecule has 1 aromatic carbocycles. The normalized spacial score (nSPS) is 11.4. The molecule has 0 aliphatic heterocycles. The molecule has 2 N–H and O–H groups in total. The van der Waals surface area contributed by atoms with E-state index in [0.29, 0.717) is 19.5 Å². The van der Waals surface area contributed by atoms with Crippen LogP contribution in [0.3, 0.4) is 0 Å². The molecule has 5 nitrogen and oxygen atoms in total. The predicted molar refractivity (Wildman–Crippen MR) is 65.0 cm³/mol. The van der Waals surface area contributed by atoms with Crippen LogP contribution in [0.4, 0.5) is 24.5 Å². The van der Waals surface area contributed by atoms with Crippen LogP contribution in [0, 0.1) is 10.1 Å². The minimum atomic E-state index is -4.76. The van der Waals surface area contributed by atoms with Crippen molar-refractivity contribution in [3.05, 3.63) is 33.9 Å². The number of nitro benzene ring substituents is 1. The maximum absolute atomic E-state index is 12.8. The molecule has 0 saturated heterocycles. The highest BCUT2D eigenvalue weighted by atomic mass is 19.4. The van der Waals surface area contributed by atoms with E-state index in [2.05, 4.69) is 0 Å². The quantitative estimate of drug-likeness (QED) is 0.662. The van der Waals surface area contributed by atoms with E-state index < -0.39 is 22.4 Å². The molecule has 0 amide bonds. The summed E-state index contributed by atoms with van der Waals surface area (Å²) in [5.41, 5.74) is 3.41. The summed E-state index contributed by atoms with van der Waals surface area (Å²) in [4.78, 5) is 11.1. The van der Waals surface area contributed by atoms with Crippen LogP contribution < -0.4 is 10.6 Å². The Morgan fingerprint density at radius 3 is 2.53 bits per heavy atom. The number of benzene rings is 1. The van der Waals surface area contributed by atoms with E-state index in [0.717, 1.165) is 12.1 Å². The Balaban J connectivity index is 3.15. The van der Waals surface area contributed by atoms with E-state index in [1.165, 1.54) is 6.07 Å². The molecule has 0 spiro atoms. The molecule has 0 aliphatic carbocycles. The van der Waals surface area contributed by atoms with Gasteiger partial charge in [0.05, 0.1) is 4.92 Å². The lowest BCUT2D eigenvalue weighted by atomic mass is 10.1. The number of anilines is 1. The molecule has 106 valence electrons. The number of halogens is 3. The second kappa shape index (κ2) is 5.87. The van der Waals surface area contributed by atoms with Gasteiger partial charge in [-0.05, 0) is 25.1 Å². The molecule has 0 bridgehead atoms. The average Bonchev–Trinajstić information content (AvgIpc) is 2.34. The van der Waals surface area contributed by atoms with E-state index >= 15 is 0 Å². The van der Waals surface area contributed by atoms with Crippen LogP contribution >= 0.6 is 0 Å².